The van der Waals surface area contributed by atoms with Gasteiger partial charge in [0.05, 0.1) is 0 Å². The van der Waals surface area contributed by atoms with Crippen molar-refractivity contribution in [3.8, 4) is 0 Å². The van der Waals surface area contributed by atoms with Gasteiger partial charge in [0.2, 0.25) is 5.91 Å². The van der Waals surface area contributed by atoms with Gasteiger partial charge < -0.3 is 16.0 Å². The second kappa shape index (κ2) is 13.6. The number of amides is 1. The van der Waals surface area contributed by atoms with Crippen LogP contribution in [0.25, 0.3) is 0 Å². The van der Waals surface area contributed by atoms with E-state index in [0.29, 0.717) is 18.5 Å². The fraction of sp³-hybridized carbons (Fsp3) is 0.933. The van der Waals surface area contributed by atoms with E-state index in [0.717, 1.165) is 45.1 Å². The monoisotopic (exact) mass is 341 g/mol. The van der Waals surface area contributed by atoms with Crippen LogP contribution in [0.15, 0.2) is 0 Å². The van der Waals surface area contributed by atoms with E-state index in [1.54, 1.807) is 0 Å². The molecule has 0 spiro atoms. The number of hydrogen-bond donors (Lipinski definition) is 2. The first-order valence-corrected chi connectivity index (χ1v) is 7.79. The predicted molar refractivity (Wildman–Crippen MR) is 94.5 cm³/mol. The van der Waals surface area contributed by atoms with Gasteiger partial charge in [-0.1, -0.05) is 12.8 Å². The van der Waals surface area contributed by atoms with Crippen molar-refractivity contribution in [3.63, 3.8) is 0 Å². The lowest BCUT2D eigenvalue weighted by Gasteiger charge is -2.33. The summed E-state index contributed by atoms with van der Waals surface area (Å²) in [6.07, 6.45) is 9.75. The first-order chi connectivity index (χ1) is 9.13. The highest BCUT2D eigenvalue weighted by atomic mass is 35.5. The summed E-state index contributed by atoms with van der Waals surface area (Å²) in [6, 6.07) is 1.02. The zero-order valence-electron chi connectivity index (χ0n) is 13.5. The number of carbonyl (C=O) groups excluding carboxylic acids is 1. The van der Waals surface area contributed by atoms with Crippen molar-refractivity contribution in [3.05, 3.63) is 0 Å². The van der Waals surface area contributed by atoms with Crippen LogP contribution in [0.4, 0.5) is 0 Å². The van der Waals surface area contributed by atoms with E-state index in [4.69, 9.17) is 5.73 Å². The van der Waals surface area contributed by atoms with Crippen LogP contribution in [0.5, 0.6) is 0 Å². The Bertz CT molecular complexity index is 265. The Morgan fingerprint density at radius 3 is 2.43 bits per heavy atom. The molecule has 1 amide bonds. The molecule has 0 aliphatic heterocycles. The van der Waals surface area contributed by atoms with Gasteiger partial charge in [0.15, 0.2) is 0 Å². The SMILES string of the molecule is CN(C)C1CCCC(NC(=O)CCCCCCN)C1.Cl.Cl. The van der Waals surface area contributed by atoms with Gasteiger partial charge in [0, 0.05) is 18.5 Å². The van der Waals surface area contributed by atoms with Crippen LogP contribution in [-0.4, -0.2) is 43.5 Å². The molecule has 2 unspecified atom stereocenters. The lowest BCUT2D eigenvalue weighted by Crippen LogP contribution is -2.43. The Hall–Kier alpha value is -0.0300. The Kier molecular flexibility index (Phi) is 15.1. The number of nitrogens with zero attached hydrogens (tertiary/aromatic N) is 1. The standard InChI is InChI=1S/C15H31N3O.2ClH/c1-18(2)14-9-7-8-13(12-14)17-15(19)10-5-3-4-6-11-16;;/h13-14H,3-12,16H2,1-2H3,(H,17,19);2*1H. The fourth-order valence-corrected chi connectivity index (χ4v) is 2.85. The first-order valence-electron chi connectivity index (χ1n) is 7.79. The summed E-state index contributed by atoms with van der Waals surface area (Å²) in [5.74, 6) is 0.233. The van der Waals surface area contributed by atoms with Crippen molar-refractivity contribution in [2.75, 3.05) is 20.6 Å². The van der Waals surface area contributed by atoms with Crippen molar-refractivity contribution in [1.82, 2.24) is 10.2 Å². The van der Waals surface area contributed by atoms with Crippen LogP contribution >= 0.6 is 24.8 Å². The van der Waals surface area contributed by atoms with Crippen molar-refractivity contribution in [1.29, 1.82) is 0 Å². The number of hydrogen-bond acceptors (Lipinski definition) is 3. The molecule has 1 aliphatic rings. The molecule has 3 N–H and O–H groups in total. The van der Waals surface area contributed by atoms with Crippen molar-refractivity contribution in [2.45, 2.75) is 69.9 Å². The quantitative estimate of drug-likeness (QED) is 0.667. The van der Waals surface area contributed by atoms with Gasteiger partial charge >= 0.3 is 0 Å². The predicted octanol–water partition coefficient (Wildman–Crippen LogP) is 2.73. The molecule has 2 atom stereocenters. The smallest absolute Gasteiger partial charge is 0.220 e. The van der Waals surface area contributed by atoms with Gasteiger partial charge in [-0.15, -0.1) is 24.8 Å². The Morgan fingerprint density at radius 1 is 1.14 bits per heavy atom. The van der Waals surface area contributed by atoms with Crippen LogP contribution in [0.3, 0.4) is 0 Å². The zero-order valence-corrected chi connectivity index (χ0v) is 15.1. The minimum Gasteiger partial charge on any atom is -0.353 e. The molecule has 128 valence electrons. The second-order valence-electron chi connectivity index (χ2n) is 6.00. The first kappa shape index (κ1) is 23.2. The summed E-state index contributed by atoms with van der Waals surface area (Å²) in [7, 11) is 4.26. The van der Waals surface area contributed by atoms with Crippen molar-refractivity contribution < 1.29 is 4.79 Å². The van der Waals surface area contributed by atoms with Crippen LogP contribution in [-0.2, 0) is 4.79 Å². The summed E-state index contributed by atoms with van der Waals surface area (Å²) < 4.78 is 0. The van der Waals surface area contributed by atoms with Gasteiger partial charge in [-0.3, -0.25) is 4.79 Å². The van der Waals surface area contributed by atoms with E-state index >= 15 is 0 Å². The molecular formula is C15H33Cl2N3O. The average Bonchev–Trinajstić information content (AvgIpc) is 2.38. The van der Waals surface area contributed by atoms with Gasteiger partial charge in [0.25, 0.3) is 0 Å². The van der Waals surface area contributed by atoms with Gasteiger partial charge in [-0.2, -0.15) is 0 Å². The van der Waals surface area contributed by atoms with E-state index in [-0.39, 0.29) is 30.7 Å². The molecule has 1 rings (SSSR count). The van der Waals surface area contributed by atoms with Crippen LogP contribution in [0.1, 0.15) is 57.8 Å². The molecule has 0 heterocycles. The number of nitrogens with one attached hydrogen (secondary N) is 1. The third kappa shape index (κ3) is 10.3. The molecule has 0 aromatic heterocycles. The third-order valence-electron chi connectivity index (χ3n) is 4.10. The fourth-order valence-electron chi connectivity index (χ4n) is 2.85. The maximum Gasteiger partial charge on any atom is 0.220 e. The Labute approximate surface area is 142 Å². The average molecular weight is 342 g/mol. The zero-order chi connectivity index (χ0) is 14.1. The third-order valence-corrected chi connectivity index (χ3v) is 4.10. The highest BCUT2D eigenvalue weighted by Gasteiger charge is 2.24. The molecule has 1 aliphatic carbocycles. The molecule has 0 aromatic rings. The summed E-state index contributed by atoms with van der Waals surface area (Å²) >= 11 is 0. The van der Waals surface area contributed by atoms with Gasteiger partial charge in [-0.05, 0) is 59.2 Å². The summed E-state index contributed by atoms with van der Waals surface area (Å²) in [5.41, 5.74) is 5.45. The van der Waals surface area contributed by atoms with E-state index in [1.165, 1.54) is 12.8 Å². The number of rotatable bonds is 8. The molecule has 1 saturated carbocycles. The van der Waals surface area contributed by atoms with Crippen molar-refractivity contribution in [2.24, 2.45) is 5.73 Å². The lowest BCUT2D eigenvalue weighted by atomic mass is 9.90. The van der Waals surface area contributed by atoms with Crippen LogP contribution < -0.4 is 11.1 Å². The Balaban J connectivity index is 0. The molecule has 6 heteroatoms. The minimum absolute atomic E-state index is 0. The second-order valence-corrected chi connectivity index (χ2v) is 6.00. The number of carbonyl (C=O) groups is 1. The number of unbranched alkanes of at least 4 members (excludes halogenated alkanes) is 3. The lowest BCUT2D eigenvalue weighted by molar-refractivity contribution is -0.122. The molecule has 0 bridgehead atoms. The summed E-state index contributed by atoms with van der Waals surface area (Å²) in [6.45, 7) is 0.764. The van der Waals surface area contributed by atoms with Gasteiger partial charge in [-0.25, -0.2) is 0 Å². The molecule has 0 aromatic carbocycles. The summed E-state index contributed by atoms with van der Waals surface area (Å²) in [4.78, 5) is 14.2. The molecule has 0 saturated heterocycles. The Morgan fingerprint density at radius 2 is 1.81 bits per heavy atom. The number of halogens is 2. The normalized spacial score (nSPS) is 21.3. The van der Waals surface area contributed by atoms with E-state index in [2.05, 4.69) is 24.3 Å². The highest BCUT2D eigenvalue weighted by Crippen LogP contribution is 2.21. The molecule has 1 fully saturated rings. The minimum atomic E-state index is 0. The number of nitrogens with two attached hydrogens (primary N) is 1. The largest absolute Gasteiger partial charge is 0.353 e. The van der Waals surface area contributed by atoms with Crippen molar-refractivity contribution >= 4 is 30.7 Å². The highest BCUT2D eigenvalue weighted by molar-refractivity contribution is 5.85. The van der Waals surface area contributed by atoms with E-state index in [9.17, 15) is 4.79 Å². The molecule has 21 heavy (non-hydrogen) atoms. The molecular weight excluding hydrogens is 309 g/mol. The van der Waals surface area contributed by atoms with Gasteiger partial charge in [0.1, 0.15) is 0 Å². The van der Waals surface area contributed by atoms with Crippen LogP contribution in [0.2, 0.25) is 0 Å². The topological polar surface area (TPSA) is 58.4 Å². The molecule has 4 nitrogen and oxygen atoms in total. The summed E-state index contributed by atoms with van der Waals surface area (Å²) in [5, 5.41) is 3.20. The van der Waals surface area contributed by atoms with E-state index < -0.39 is 0 Å². The maximum absolute atomic E-state index is 11.9. The molecule has 0 radical (unpaired) electrons. The maximum atomic E-state index is 11.9. The van der Waals surface area contributed by atoms with Crippen LogP contribution in [0, 0.1) is 0 Å². The van der Waals surface area contributed by atoms with E-state index in [1.807, 2.05) is 0 Å².